The highest BCUT2D eigenvalue weighted by atomic mass is 16.6. The summed E-state index contributed by atoms with van der Waals surface area (Å²) in [7, 11) is 0. The fourth-order valence-electron chi connectivity index (χ4n) is 2.91. The van der Waals surface area contributed by atoms with Gasteiger partial charge in [0.15, 0.2) is 0 Å². The van der Waals surface area contributed by atoms with Crippen molar-refractivity contribution < 1.29 is 4.92 Å². The van der Waals surface area contributed by atoms with Gasteiger partial charge >= 0.3 is 5.69 Å². The molecule has 0 radical (unpaired) electrons. The highest BCUT2D eigenvalue weighted by Gasteiger charge is 2.28. The van der Waals surface area contributed by atoms with Crippen molar-refractivity contribution in [2.75, 3.05) is 55.2 Å². The highest BCUT2D eigenvalue weighted by Crippen LogP contribution is 2.33. The Morgan fingerprint density at radius 2 is 1.96 bits per heavy atom. The summed E-state index contributed by atoms with van der Waals surface area (Å²) in [5.41, 5.74) is 5.63. The van der Waals surface area contributed by atoms with Crippen LogP contribution in [0.1, 0.15) is 33.1 Å². The number of hydrogen-bond donors (Lipinski definition) is 2. The molecule has 3 N–H and O–H groups in total. The topological polar surface area (TPSA) is 113 Å². The minimum atomic E-state index is -0.493. The lowest BCUT2D eigenvalue weighted by Crippen LogP contribution is -2.26. The number of nitrogen functional groups attached to an aromatic ring is 1. The Balaban J connectivity index is 2.06. The number of hydrogen-bond acceptors (Lipinski definition) is 8. The lowest BCUT2D eigenvalue weighted by atomic mass is 10.3. The van der Waals surface area contributed by atoms with E-state index in [4.69, 9.17) is 5.73 Å². The number of aromatic nitrogens is 2. The van der Waals surface area contributed by atoms with Crippen LogP contribution >= 0.6 is 0 Å². The van der Waals surface area contributed by atoms with Gasteiger partial charge in [0.25, 0.3) is 0 Å². The lowest BCUT2D eigenvalue weighted by Gasteiger charge is -2.19. The molecule has 0 aliphatic carbocycles. The molecule has 1 saturated heterocycles. The molecule has 9 nitrogen and oxygen atoms in total. The van der Waals surface area contributed by atoms with Gasteiger partial charge in [-0.25, -0.2) is 0 Å². The van der Waals surface area contributed by atoms with Crippen LogP contribution in [0.15, 0.2) is 0 Å². The molecule has 1 aliphatic heterocycles. The van der Waals surface area contributed by atoms with E-state index in [0.717, 1.165) is 52.0 Å². The molecule has 0 amide bonds. The second-order valence-electron chi connectivity index (χ2n) is 5.86. The van der Waals surface area contributed by atoms with Gasteiger partial charge in [0.1, 0.15) is 0 Å². The third kappa shape index (κ3) is 4.44. The number of anilines is 3. The number of rotatable bonds is 9. The molecule has 2 heterocycles. The van der Waals surface area contributed by atoms with Gasteiger partial charge in [0.2, 0.25) is 17.6 Å². The van der Waals surface area contributed by atoms with Crippen LogP contribution < -0.4 is 16.0 Å². The van der Waals surface area contributed by atoms with E-state index in [1.54, 1.807) is 0 Å². The highest BCUT2D eigenvalue weighted by molar-refractivity contribution is 5.71. The normalized spacial score (nSPS) is 14.4. The van der Waals surface area contributed by atoms with Crippen LogP contribution in [0.25, 0.3) is 0 Å². The summed E-state index contributed by atoms with van der Waals surface area (Å²) >= 11 is 0. The van der Waals surface area contributed by atoms with Gasteiger partial charge < -0.3 is 20.9 Å². The number of nitrogens with two attached hydrogens (primary N) is 1. The van der Waals surface area contributed by atoms with Crippen LogP contribution in [0.4, 0.5) is 23.3 Å². The second kappa shape index (κ2) is 8.62. The third-order valence-corrected chi connectivity index (χ3v) is 4.31. The second-order valence-corrected chi connectivity index (χ2v) is 5.86. The first kappa shape index (κ1) is 18.2. The Kier molecular flexibility index (Phi) is 6.53. The largest absolute Gasteiger partial charge is 0.378 e. The smallest absolute Gasteiger partial charge is 0.353 e. The average molecular weight is 337 g/mol. The quantitative estimate of drug-likeness (QED) is 0.398. The molecule has 24 heavy (non-hydrogen) atoms. The average Bonchev–Trinajstić information content (AvgIpc) is 3.08. The van der Waals surface area contributed by atoms with Gasteiger partial charge in [-0.05, 0) is 38.9 Å². The molecule has 1 aromatic heterocycles. The number of nitrogens with one attached hydrogen (secondary N) is 1. The zero-order valence-electron chi connectivity index (χ0n) is 14.5. The van der Waals surface area contributed by atoms with Crippen LogP contribution in [0.5, 0.6) is 0 Å². The minimum Gasteiger partial charge on any atom is -0.378 e. The number of nitro groups is 1. The van der Waals surface area contributed by atoms with E-state index >= 15 is 0 Å². The molecule has 1 aromatic rings. The Bertz CT molecular complexity index is 557. The van der Waals surface area contributed by atoms with Crippen molar-refractivity contribution in [3.8, 4) is 0 Å². The monoisotopic (exact) mass is 337 g/mol. The molecular formula is C15H27N7O2. The summed E-state index contributed by atoms with van der Waals surface area (Å²) in [6, 6.07) is 0. The fourth-order valence-corrected chi connectivity index (χ4v) is 2.91. The molecule has 2 rings (SSSR count). The molecule has 0 unspecified atom stereocenters. The van der Waals surface area contributed by atoms with Crippen molar-refractivity contribution in [2.24, 2.45) is 0 Å². The molecule has 0 aromatic carbocycles. The van der Waals surface area contributed by atoms with Crippen LogP contribution in [0.3, 0.4) is 0 Å². The molecule has 9 heteroatoms. The Morgan fingerprint density at radius 1 is 1.29 bits per heavy atom. The summed E-state index contributed by atoms with van der Waals surface area (Å²) in [5.74, 6) is 0.610. The maximum absolute atomic E-state index is 11.3. The third-order valence-electron chi connectivity index (χ3n) is 4.31. The summed E-state index contributed by atoms with van der Waals surface area (Å²) in [4.78, 5) is 23.5. The molecule has 0 bridgehead atoms. The zero-order chi connectivity index (χ0) is 17.5. The Labute approximate surface area is 142 Å². The number of nitrogens with zero attached hydrogens (tertiary/aromatic N) is 5. The predicted octanol–water partition coefficient (Wildman–Crippen LogP) is 1.71. The van der Waals surface area contributed by atoms with E-state index in [1.807, 2.05) is 4.90 Å². The van der Waals surface area contributed by atoms with Crippen LogP contribution in [-0.4, -0.2) is 59.1 Å². The van der Waals surface area contributed by atoms with Gasteiger partial charge in [0, 0.05) is 19.6 Å². The van der Waals surface area contributed by atoms with E-state index < -0.39 is 4.92 Å². The summed E-state index contributed by atoms with van der Waals surface area (Å²) in [6.45, 7) is 9.54. The first-order valence-corrected chi connectivity index (χ1v) is 8.59. The SMILES string of the molecule is CCN(CC)CCCNc1nc(N)c([N+](=O)[O-])c(N2CCCC2)n1. The molecule has 0 saturated carbocycles. The van der Waals surface area contributed by atoms with Crippen molar-refractivity contribution in [2.45, 2.75) is 33.1 Å². The maximum Gasteiger partial charge on any atom is 0.353 e. The predicted molar refractivity (Wildman–Crippen MR) is 95.4 cm³/mol. The van der Waals surface area contributed by atoms with Crippen LogP contribution in [0.2, 0.25) is 0 Å². The Morgan fingerprint density at radius 3 is 2.54 bits per heavy atom. The molecule has 1 aliphatic rings. The van der Waals surface area contributed by atoms with Crippen LogP contribution in [-0.2, 0) is 0 Å². The van der Waals surface area contributed by atoms with Gasteiger partial charge in [-0.2, -0.15) is 9.97 Å². The Hall–Kier alpha value is -2.16. The van der Waals surface area contributed by atoms with E-state index in [0.29, 0.717) is 18.3 Å². The van der Waals surface area contributed by atoms with E-state index in [-0.39, 0.29) is 11.5 Å². The van der Waals surface area contributed by atoms with E-state index in [1.165, 1.54) is 0 Å². The zero-order valence-corrected chi connectivity index (χ0v) is 14.5. The van der Waals surface area contributed by atoms with Crippen molar-refractivity contribution in [3.05, 3.63) is 10.1 Å². The first-order chi connectivity index (χ1) is 11.6. The van der Waals surface area contributed by atoms with Crippen molar-refractivity contribution in [1.29, 1.82) is 0 Å². The van der Waals surface area contributed by atoms with Crippen molar-refractivity contribution in [3.63, 3.8) is 0 Å². The van der Waals surface area contributed by atoms with Gasteiger partial charge in [-0.15, -0.1) is 0 Å². The summed E-state index contributed by atoms with van der Waals surface area (Å²) in [5, 5.41) is 14.4. The molecule has 1 fully saturated rings. The molecular weight excluding hydrogens is 310 g/mol. The van der Waals surface area contributed by atoms with Crippen molar-refractivity contribution >= 4 is 23.3 Å². The van der Waals surface area contributed by atoms with E-state index in [9.17, 15) is 10.1 Å². The molecule has 0 atom stereocenters. The van der Waals surface area contributed by atoms with Crippen molar-refractivity contribution in [1.82, 2.24) is 14.9 Å². The summed E-state index contributed by atoms with van der Waals surface area (Å²) in [6.07, 6.45) is 2.96. The summed E-state index contributed by atoms with van der Waals surface area (Å²) < 4.78 is 0. The van der Waals surface area contributed by atoms with Crippen LogP contribution in [0, 0.1) is 10.1 Å². The van der Waals surface area contributed by atoms with E-state index in [2.05, 4.69) is 34.0 Å². The molecule has 134 valence electrons. The van der Waals surface area contributed by atoms with Gasteiger partial charge in [-0.3, -0.25) is 10.1 Å². The first-order valence-electron chi connectivity index (χ1n) is 8.59. The fraction of sp³-hybridized carbons (Fsp3) is 0.733. The maximum atomic E-state index is 11.3. The molecule has 0 spiro atoms. The lowest BCUT2D eigenvalue weighted by molar-refractivity contribution is -0.383. The van der Waals surface area contributed by atoms with Gasteiger partial charge in [-0.1, -0.05) is 13.8 Å². The standard InChI is InChI=1S/C15H27N7O2/c1-3-20(4-2)9-7-8-17-15-18-13(16)12(22(23)24)14(19-15)21-10-5-6-11-21/h3-11H2,1-2H3,(H3,16,17,18,19). The minimum absolute atomic E-state index is 0.0804. The van der Waals surface area contributed by atoms with Gasteiger partial charge in [0.05, 0.1) is 4.92 Å².